The molecule has 0 radical (unpaired) electrons. The first kappa shape index (κ1) is 26.1. The first-order valence-corrected chi connectivity index (χ1v) is 12.5. The van der Waals surface area contributed by atoms with Gasteiger partial charge in [0.05, 0.1) is 16.7 Å². The first-order valence-electron chi connectivity index (χ1n) is 10.3. The van der Waals surface area contributed by atoms with Crippen LogP contribution in [-0.4, -0.2) is 20.9 Å². The van der Waals surface area contributed by atoms with E-state index >= 15 is 0 Å². The fourth-order valence-corrected chi connectivity index (χ4v) is 4.15. The highest BCUT2D eigenvalue weighted by molar-refractivity contribution is 7.87. The van der Waals surface area contributed by atoms with Crippen molar-refractivity contribution in [1.82, 2.24) is 0 Å². The van der Waals surface area contributed by atoms with Crippen LogP contribution in [0.25, 0.3) is 6.08 Å². The quantitative estimate of drug-likeness (QED) is 0.217. The van der Waals surface area contributed by atoms with Gasteiger partial charge in [0, 0.05) is 5.69 Å². The van der Waals surface area contributed by atoms with E-state index in [9.17, 15) is 18.5 Å². The molecule has 0 saturated carbocycles. The van der Waals surface area contributed by atoms with Gasteiger partial charge < -0.3 is 14.2 Å². The van der Waals surface area contributed by atoms with Crippen LogP contribution in [0.5, 0.6) is 11.5 Å². The average Bonchev–Trinajstić information content (AvgIpc) is 2.81. The third-order valence-corrected chi connectivity index (χ3v) is 6.62. The maximum atomic E-state index is 12.7. The van der Waals surface area contributed by atoms with E-state index in [2.05, 4.69) is 5.32 Å². The summed E-state index contributed by atoms with van der Waals surface area (Å²) >= 11 is 11.8. The minimum absolute atomic E-state index is 0.000242. The Bertz CT molecular complexity index is 1430. The Labute approximate surface area is 213 Å². The molecule has 3 aromatic rings. The highest BCUT2D eigenvalue weighted by atomic mass is 35.5. The van der Waals surface area contributed by atoms with E-state index in [1.165, 1.54) is 48.5 Å². The molecular weight excluding hydrogens is 511 g/mol. The van der Waals surface area contributed by atoms with Crippen LogP contribution < -0.4 is 14.2 Å². The molecule has 3 aromatic carbocycles. The van der Waals surface area contributed by atoms with Crippen molar-refractivity contribution in [2.45, 2.75) is 18.7 Å². The van der Waals surface area contributed by atoms with Gasteiger partial charge in [-0.25, -0.2) is 0 Å². The van der Waals surface area contributed by atoms with Gasteiger partial charge in [-0.3, -0.25) is 4.79 Å². The molecule has 10 heteroatoms. The summed E-state index contributed by atoms with van der Waals surface area (Å²) in [5.74, 6) is -0.548. The van der Waals surface area contributed by atoms with Gasteiger partial charge in [-0.15, -0.1) is 0 Å². The number of hydrogen-bond acceptors (Lipinski definition) is 6. The number of benzene rings is 3. The Hall–Kier alpha value is -3.51. The first-order chi connectivity index (χ1) is 16.6. The highest BCUT2D eigenvalue weighted by Crippen LogP contribution is 2.32. The van der Waals surface area contributed by atoms with Crippen LogP contribution in [-0.2, 0) is 14.9 Å². The van der Waals surface area contributed by atoms with Crippen LogP contribution >= 0.6 is 23.2 Å². The maximum absolute atomic E-state index is 12.7. The van der Waals surface area contributed by atoms with Gasteiger partial charge in [0.1, 0.15) is 16.5 Å². The Morgan fingerprint density at radius 1 is 1.03 bits per heavy atom. The molecule has 1 amide bonds. The van der Waals surface area contributed by atoms with Gasteiger partial charge in [-0.1, -0.05) is 47.0 Å². The molecule has 3 rings (SSSR count). The number of halogens is 2. The Morgan fingerprint density at radius 3 is 2.37 bits per heavy atom. The minimum Gasteiger partial charge on any atom is -0.490 e. The van der Waals surface area contributed by atoms with Crippen molar-refractivity contribution in [3.05, 3.63) is 87.4 Å². The van der Waals surface area contributed by atoms with Gasteiger partial charge >= 0.3 is 10.1 Å². The molecule has 7 nitrogen and oxygen atoms in total. The van der Waals surface area contributed by atoms with Gasteiger partial charge in [-0.05, 0) is 68.0 Å². The van der Waals surface area contributed by atoms with E-state index in [0.29, 0.717) is 16.3 Å². The van der Waals surface area contributed by atoms with E-state index in [1.807, 2.05) is 13.0 Å². The zero-order valence-corrected chi connectivity index (χ0v) is 21.0. The molecule has 0 aromatic heterocycles. The smallest absolute Gasteiger partial charge is 0.339 e. The monoisotopic (exact) mass is 530 g/mol. The van der Waals surface area contributed by atoms with E-state index < -0.39 is 16.0 Å². The molecule has 0 aliphatic heterocycles. The second-order valence-corrected chi connectivity index (χ2v) is 9.60. The van der Waals surface area contributed by atoms with Crippen molar-refractivity contribution in [1.29, 1.82) is 5.26 Å². The van der Waals surface area contributed by atoms with Crippen LogP contribution in [0.15, 0.2) is 71.1 Å². The van der Waals surface area contributed by atoms with E-state index in [1.54, 1.807) is 25.1 Å². The molecule has 0 bridgehead atoms. The summed E-state index contributed by atoms with van der Waals surface area (Å²) in [5.41, 5.74) is 1.51. The summed E-state index contributed by atoms with van der Waals surface area (Å²) in [5, 5.41) is 12.7. The lowest BCUT2D eigenvalue weighted by atomic mass is 10.1. The van der Waals surface area contributed by atoms with Crippen molar-refractivity contribution in [2.75, 3.05) is 11.9 Å². The fourth-order valence-electron chi connectivity index (χ4n) is 2.91. The lowest BCUT2D eigenvalue weighted by molar-refractivity contribution is -0.112. The number of nitrogens with zero attached hydrogens (tertiary/aromatic N) is 1. The zero-order chi connectivity index (χ0) is 25.6. The third-order valence-electron chi connectivity index (χ3n) is 4.63. The second kappa shape index (κ2) is 11.3. The number of aryl methyl sites for hydroxylation is 1. The van der Waals surface area contributed by atoms with Crippen molar-refractivity contribution < 1.29 is 22.1 Å². The van der Waals surface area contributed by atoms with Crippen molar-refractivity contribution >= 4 is 51.0 Å². The Morgan fingerprint density at radius 2 is 1.74 bits per heavy atom. The molecular formula is C25H20Cl2N2O5S. The summed E-state index contributed by atoms with van der Waals surface area (Å²) in [4.78, 5) is 12.6. The van der Waals surface area contributed by atoms with Crippen molar-refractivity contribution in [3.63, 3.8) is 0 Å². The van der Waals surface area contributed by atoms with Crippen LogP contribution in [0.3, 0.4) is 0 Å². The summed E-state index contributed by atoms with van der Waals surface area (Å²) in [7, 11) is -4.10. The number of amides is 1. The number of rotatable bonds is 8. The predicted octanol–water partition coefficient (Wildman–Crippen LogP) is 6.01. The van der Waals surface area contributed by atoms with Crippen molar-refractivity contribution in [2.24, 2.45) is 0 Å². The Kier molecular flexibility index (Phi) is 8.41. The second-order valence-electron chi connectivity index (χ2n) is 7.24. The molecule has 0 aliphatic carbocycles. The predicted molar refractivity (Wildman–Crippen MR) is 135 cm³/mol. The number of anilines is 1. The number of ether oxygens (including phenoxy) is 1. The molecule has 0 atom stereocenters. The minimum atomic E-state index is -4.10. The zero-order valence-electron chi connectivity index (χ0n) is 18.7. The van der Waals surface area contributed by atoms with Crippen molar-refractivity contribution in [3.8, 4) is 17.6 Å². The number of nitrogens with one attached hydrogen (secondary N) is 1. The largest absolute Gasteiger partial charge is 0.490 e. The number of nitriles is 1. The summed E-state index contributed by atoms with van der Waals surface area (Å²) in [6.45, 7) is 3.81. The van der Waals surface area contributed by atoms with Gasteiger partial charge in [-0.2, -0.15) is 13.7 Å². The van der Waals surface area contributed by atoms with Crippen LogP contribution in [0.2, 0.25) is 10.0 Å². The standard InChI is InChI=1S/C25H20Cl2N2O5S/c1-3-33-24-13-17(6-11-23(24)34-35(31,32)20-8-4-16(2)5-9-20)12-18(15-28)25(30)29-19-7-10-21(26)22(27)14-19/h4-14H,3H2,1-2H3,(H,29,30)/b18-12+. The molecule has 1 N–H and O–H groups in total. The summed E-state index contributed by atoms with van der Waals surface area (Å²) in [6, 6.07) is 17.0. The molecule has 35 heavy (non-hydrogen) atoms. The highest BCUT2D eigenvalue weighted by Gasteiger charge is 2.20. The molecule has 0 saturated heterocycles. The summed E-state index contributed by atoms with van der Waals surface area (Å²) in [6.07, 6.45) is 1.34. The number of carbonyl (C=O) groups is 1. The maximum Gasteiger partial charge on any atom is 0.339 e. The SMILES string of the molecule is CCOc1cc(/C=C(\C#N)C(=O)Nc2ccc(Cl)c(Cl)c2)ccc1OS(=O)(=O)c1ccc(C)cc1. The lowest BCUT2D eigenvalue weighted by Gasteiger charge is -2.13. The van der Waals surface area contributed by atoms with Gasteiger partial charge in [0.25, 0.3) is 5.91 Å². The Balaban J connectivity index is 1.87. The van der Waals surface area contributed by atoms with Crippen LogP contribution in [0.1, 0.15) is 18.1 Å². The normalized spacial score (nSPS) is 11.5. The van der Waals surface area contributed by atoms with E-state index in [0.717, 1.165) is 5.56 Å². The van der Waals surface area contributed by atoms with Gasteiger partial charge in [0.15, 0.2) is 11.5 Å². The average molecular weight is 531 g/mol. The molecule has 180 valence electrons. The molecule has 0 heterocycles. The number of carbonyl (C=O) groups excluding carboxylic acids is 1. The summed E-state index contributed by atoms with van der Waals surface area (Å²) < 4.78 is 36.2. The van der Waals surface area contributed by atoms with E-state index in [4.69, 9.17) is 32.1 Å². The van der Waals surface area contributed by atoms with E-state index in [-0.39, 0.29) is 33.6 Å². The molecule has 0 fully saturated rings. The lowest BCUT2D eigenvalue weighted by Crippen LogP contribution is -2.13. The third kappa shape index (κ3) is 6.76. The molecule has 0 spiro atoms. The number of hydrogen-bond donors (Lipinski definition) is 1. The van der Waals surface area contributed by atoms with Crippen LogP contribution in [0, 0.1) is 18.3 Å². The fraction of sp³-hybridized carbons (Fsp3) is 0.120. The van der Waals surface area contributed by atoms with Gasteiger partial charge in [0.2, 0.25) is 0 Å². The molecule has 0 aliphatic rings. The van der Waals surface area contributed by atoms with Crippen LogP contribution in [0.4, 0.5) is 5.69 Å². The topological polar surface area (TPSA) is 105 Å². The molecule has 0 unspecified atom stereocenters.